The minimum absolute atomic E-state index is 0.350. The van der Waals surface area contributed by atoms with Crippen molar-refractivity contribution in [1.29, 1.82) is 0 Å². The molecule has 23 heavy (non-hydrogen) atoms. The van der Waals surface area contributed by atoms with Crippen molar-refractivity contribution in [1.82, 2.24) is 25.5 Å². The fourth-order valence-electron chi connectivity index (χ4n) is 2.23. The topological polar surface area (TPSA) is 108 Å². The third-order valence-electron chi connectivity index (χ3n) is 3.46. The van der Waals surface area contributed by atoms with E-state index in [4.69, 9.17) is 0 Å². The lowest BCUT2D eigenvalue weighted by atomic mass is 10.3. The average Bonchev–Trinajstić information content (AvgIpc) is 2.61. The second kappa shape index (κ2) is 8.66. The van der Waals surface area contributed by atoms with Gasteiger partial charge in [-0.3, -0.25) is 14.4 Å². The van der Waals surface area contributed by atoms with E-state index in [0.717, 1.165) is 0 Å². The van der Waals surface area contributed by atoms with E-state index >= 15 is 0 Å². The second-order valence-corrected chi connectivity index (χ2v) is 5.01. The summed E-state index contributed by atoms with van der Waals surface area (Å²) in [6, 6.07) is 1.75. The van der Waals surface area contributed by atoms with Crippen LogP contribution in [0.25, 0.3) is 0 Å². The Morgan fingerprint density at radius 2 is 1.83 bits per heavy atom. The fraction of sp³-hybridized carbons (Fsp3) is 0.500. The van der Waals surface area contributed by atoms with Crippen LogP contribution >= 0.6 is 0 Å². The molecule has 1 aromatic heterocycles. The summed E-state index contributed by atoms with van der Waals surface area (Å²) < 4.78 is 0. The van der Waals surface area contributed by atoms with Crippen LogP contribution in [-0.2, 0) is 14.4 Å². The Labute approximate surface area is 134 Å². The molecule has 0 aromatic carbocycles. The lowest BCUT2D eigenvalue weighted by molar-refractivity contribution is -0.146. The van der Waals surface area contributed by atoms with Crippen LogP contribution in [0.1, 0.15) is 6.42 Å². The number of nitrogens with one attached hydrogen (secondary N) is 2. The molecule has 0 atom stereocenters. The van der Waals surface area contributed by atoms with Gasteiger partial charge in [-0.05, 0) is 12.5 Å². The average molecular weight is 320 g/mol. The molecular formula is C14H20N6O3. The first-order valence-corrected chi connectivity index (χ1v) is 7.48. The summed E-state index contributed by atoms with van der Waals surface area (Å²) in [7, 11) is 0. The Morgan fingerprint density at radius 3 is 2.48 bits per heavy atom. The Kier molecular flexibility index (Phi) is 6.28. The van der Waals surface area contributed by atoms with Crippen LogP contribution in [-0.4, -0.2) is 72.4 Å². The van der Waals surface area contributed by atoms with Crippen molar-refractivity contribution >= 4 is 24.2 Å². The van der Waals surface area contributed by atoms with Gasteiger partial charge < -0.3 is 20.4 Å². The molecule has 9 nitrogen and oxygen atoms in total. The van der Waals surface area contributed by atoms with E-state index in [2.05, 4.69) is 20.6 Å². The first-order chi connectivity index (χ1) is 11.2. The number of carbonyl (C=O) groups is 3. The van der Waals surface area contributed by atoms with Crippen LogP contribution in [0.3, 0.4) is 0 Å². The first kappa shape index (κ1) is 16.7. The van der Waals surface area contributed by atoms with Gasteiger partial charge in [0.05, 0.1) is 0 Å². The first-order valence-electron chi connectivity index (χ1n) is 7.48. The lowest BCUT2D eigenvalue weighted by Gasteiger charge is -2.34. The van der Waals surface area contributed by atoms with Crippen LogP contribution in [0.15, 0.2) is 18.5 Å². The summed E-state index contributed by atoms with van der Waals surface area (Å²) in [4.78, 5) is 45.8. The van der Waals surface area contributed by atoms with Crippen molar-refractivity contribution in [2.24, 2.45) is 0 Å². The zero-order valence-corrected chi connectivity index (χ0v) is 12.8. The molecule has 0 saturated carbocycles. The number of rotatable bonds is 6. The molecule has 0 bridgehead atoms. The molecule has 0 radical (unpaired) electrons. The van der Waals surface area contributed by atoms with Crippen molar-refractivity contribution in [3.8, 4) is 0 Å². The van der Waals surface area contributed by atoms with Crippen molar-refractivity contribution in [3.63, 3.8) is 0 Å². The molecule has 124 valence electrons. The number of amides is 3. The highest BCUT2D eigenvalue weighted by atomic mass is 16.2. The number of carbonyl (C=O) groups excluding carboxylic acids is 3. The highest BCUT2D eigenvalue weighted by Crippen LogP contribution is 2.09. The smallest absolute Gasteiger partial charge is 0.312 e. The molecule has 0 unspecified atom stereocenters. The molecule has 0 spiro atoms. The molecule has 2 N–H and O–H groups in total. The van der Waals surface area contributed by atoms with Gasteiger partial charge in [0.1, 0.15) is 0 Å². The van der Waals surface area contributed by atoms with Crippen LogP contribution in [0.2, 0.25) is 0 Å². The highest BCUT2D eigenvalue weighted by Gasteiger charge is 2.26. The minimum Gasteiger partial charge on any atom is -0.359 e. The molecule has 2 heterocycles. The quantitative estimate of drug-likeness (QED) is 0.370. The number of piperazine rings is 1. The van der Waals surface area contributed by atoms with Gasteiger partial charge in [-0.15, -0.1) is 0 Å². The van der Waals surface area contributed by atoms with E-state index in [1.807, 2.05) is 4.90 Å². The van der Waals surface area contributed by atoms with Gasteiger partial charge in [0.15, 0.2) is 0 Å². The SMILES string of the molecule is O=CNCCCNC(=O)C(=O)N1CCN(c2ncccn2)CC1. The number of hydrogen-bond acceptors (Lipinski definition) is 6. The van der Waals surface area contributed by atoms with Gasteiger partial charge in [-0.1, -0.05) is 0 Å². The second-order valence-electron chi connectivity index (χ2n) is 5.01. The van der Waals surface area contributed by atoms with E-state index in [0.29, 0.717) is 58.0 Å². The van der Waals surface area contributed by atoms with Crippen molar-refractivity contribution in [2.45, 2.75) is 6.42 Å². The normalized spacial score (nSPS) is 14.3. The van der Waals surface area contributed by atoms with E-state index in [1.165, 1.54) is 4.90 Å². The molecule has 9 heteroatoms. The molecular weight excluding hydrogens is 300 g/mol. The van der Waals surface area contributed by atoms with Crippen LogP contribution in [0.4, 0.5) is 5.95 Å². The Morgan fingerprint density at radius 1 is 1.13 bits per heavy atom. The Bertz CT molecular complexity index is 531. The molecule has 1 saturated heterocycles. The summed E-state index contributed by atoms with van der Waals surface area (Å²) in [6.45, 7) is 2.91. The summed E-state index contributed by atoms with van der Waals surface area (Å²) in [5.41, 5.74) is 0. The van der Waals surface area contributed by atoms with E-state index in [1.54, 1.807) is 18.5 Å². The zero-order valence-electron chi connectivity index (χ0n) is 12.8. The van der Waals surface area contributed by atoms with E-state index in [9.17, 15) is 14.4 Å². The maximum Gasteiger partial charge on any atom is 0.312 e. The number of hydrogen-bond donors (Lipinski definition) is 2. The molecule has 1 aromatic rings. The zero-order chi connectivity index (χ0) is 16.5. The number of nitrogens with zero attached hydrogens (tertiary/aromatic N) is 4. The van der Waals surface area contributed by atoms with Crippen LogP contribution < -0.4 is 15.5 Å². The molecule has 3 amide bonds. The third kappa shape index (κ3) is 4.90. The summed E-state index contributed by atoms with van der Waals surface area (Å²) >= 11 is 0. The van der Waals surface area contributed by atoms with Crippen LogP contribution in [0, 0.1) is 0 Å². The summed E-state index contributed by atoms with van der Waals surface area (Å²) in [5, 5.41) is 5.05. The standard InChI is InChI=1S/C14H20N6O3/c21-11-15-3-1-4-16-12(22)13(23)19-7-9-20(10-8-19)14-17-5-2-6-18-14/h2,5-6,11H,1,3-4,7-10H2,(H,15,21)(H,16,22). The van der Waals surface area contributed by atoms with Gasteiger partial charge in [0.25, 0.3) is 0 Å². The van der Waals surface area contributed by atoms with E-state index < -0.39 is 11.8 Å². The van der Waals surface area contributed by atoms with Crippen LogP contribution in [0.5, 0.6) is 0 Å². The monoisotopic (exact) mass is 320 g/mol. The fourth-order valence-corrected chi connectivity index (χ4v) is 2.23. The Balaban J connectivity index is 1.72. The molecule has 2 rings (SSSR count). The predicted octanol–water partition coefficient (Wildman–Crippen LogP) is -1.62. The third-order valence-corrected chi connectivity index (χ3v) is 3.46. The lowest BCUT2D eigenvalue weighted by Crippen LogP contribution is -2.53. The molecule has 0 aliphatic carbocycles. The van der Waals surface area contributed by atoms with Gasteiger partial charge in [-0.25, -0.2) is 9.97 Å². The van der Waals surface area contributed by atoms with Gasteiger partial charge in [0, 0.05) is 51.7 Å². The maximum absolute atomic E-state index is 12.1. The summed E-state index contributed by atoms with van der Waals surface area (Å²) in [6.07, 6.45) is 4.53. The van der Waals surface area contributed by atoms with Crippen molar-refractivity contribution < 1.29 is 14.4 Å². The molecule has 1 aliphatic rings. The number of anilines is 1. The van der Waals surface area contributed by atoms with Gasteiger partial charge >= 0.3 is 11.8 Å². The van der Waals surface area contributed by atoms with Gasteiger partial charge in [0.2, 0.25) is 12.4 Å². The van der Waals surface area contributed by atoms with Gasteiger partial charge in [-0.2, -0.15) is 0 Å². The minimum atomic E-state index is -0.611. The molecule has 1 fully saturated rings. The van der Waals surface area contributed by atoms with Crippen molar-refractivity contribution in [2.75, 3.05) is 44.2 Å². The Hall–Kier alpha value is -2.71. The van der Waals surface area contributed by atoms with Crippen molar-refractivity contribution in [3.05, 3.63) is 18.5 Å². The molecule has 1 aliphatic heterocycles. The van der Waals surface area contributed by atoms with E-state index in [-0.39, 0.29) is 0 Å². The predicted molar refractivity (Wildman–Crippen MR) is 82.5 cm³/mol. The highest BCUT2D eigenvalue weighted by molar-refractivity contribution is 6.35. The number of aromatic nitrogens is 2. The maximum atomic E-state index is 12.1. The summed E-state index contributed by atoms with van der Waals surface area (Å²) in [5.74, 6) is -0.505. The largest absolute Gasteiger partial charge is 0.359 e.